The van der Waals surface area contributed by atoms with E-state index in [1.807, 2.05) is 0 Å². The van der Waals surface area contributed by atoms with Crippen LogP contribution in [-0.4, -0.2) is 25.6 Å². The van der Waals surface area contributed by atoms with Crippen LogP contribution < -0.4 is 12.4 Å². The zero-order chi connectivity index (χ0) is 8.32. The summed E-state index contributed by atoms with van der Waals surface area (Å²) in [5.41, 5.74) is 1.40. The van der Waals surface area contributed by atoms with Gasteiger partial charge in [-0.2, -0.15) is 0 Å². The third-order valence-electron chi connectivity index (χ3n) is 1.50. The smallest absolute Gasteiger partial charge is 0.104 e. The van der Waals surface area contributed by atoms with E-state index in [1.165, 1.54) is 5.56 Å². The molecule has 0 aromatic heterocycles. The van der Waals surface area contributed by atoms with E-state index in [9.17, 15) is 0 Å². The zero-order valence-electron chi connectivity index (χ0n) is 8.74. The molecule has 0 fully saturated rings. The molecule has 0 aliphatic heterocycles. The second-order valence-corrected chi connectivity index (χ2v) is 3.93. The predicted molar refractivity (Wildman–Crippen MR) is 70.8 cm³/mol. The van der Waals surface area contributed by atoms with E-state index >= 15 is 0 Å². The predicted octanol–water partition coefficient (Wildman–Crippen LogP) is -0.0634. The van der Waals surface area contributed by atoms with Gasteiger partial charge in [0.25, 0.3) is 0 Å². The molecular formula is C10H18Cl2IN. The van der Waals surface area contributed by atoms with Gasteiger partial charge in [-0.05, 0) is 0 Å². The standard InChI is InChI=1S/C10H16N.2ClH.HI/c1-11(2,3)9-10-7-5-4-6-8-10;;;/h4-8H,9H2,1-3H3;3*1H/q+1;;;/p-1. The van der Waals surface area contributed by atoms with Gasteiger partial charge in [0.2, 0.25) is 0 Å². The van der Waals surface area contributed by atoms with Crippen molar-refractivity contribution in [2.75, 3.05) is 21.1 Å². The fraction of sp³-hybridized carbons (Fsp3) is 0.400. The monoisotopic (exact) mass is 349 g/mol. The Hall–Kier alpha value is 0.490. The van der Waals surface area contributed by atoms with Crippen molar-refractivity contribution in [1.82, 2.24) is 0 Å². The topological polar surface area (TPSA) is 0 Å². The highest BCUT2D eigenvalue weighted by molar-refractivity contribution is 14.0. The summed E-state index contributed by atoms with van der Waals surface area (Å²) >= 11 is 0. The van der Waals surface area contributed by atoms with Crippen LogP contribution in [0.1, 0.15) is 5.56 Å². The molecule has 1 aromatic rings. The number of hydrogen-bond donors (Lipinski definition) is 0. The van der Waals surface area contributed by atoms with E-state index in [0.29, 0.717) is 0 Å². The molecule has 0 saturated carbocycles. The molecule has 14 heavy (non-hydrogen) atoms. The van der Waals surface area contributed by atoms with Crippen LogP contribution in [0.5, 0.6) is 0 Å². The third-order valence-corrected chi connectivity index (χ3v) is 1.50. The average molecular weight is 350 g/mol. The van der Waals surface area contributed by atoms with Crippen molar-refractivity contribution in [1.29, 1.82) is 0 Å². The maximum atomic E-state index is 2.20. The van der Waals surface area contributed by atoms with E-state index in [1.54, 1.807) is 0 Å². The van der Waals surface area contributed by atoms with Crippen LogP contribution in [0.2, 0.25) is 0 Å². The Balaban J connectivity index is -0.000000403. The van der Waals surface area contributed by atoms with Gasteiger partial charge < -0.3 is 16.9 Å². The molecular weight excluding hydrogens is 332 g/mol. The first-order valence-corrected chi connectivity index (χ1v) is 3.92. The summed E-state index contributed by atoms with van der Waals surface area (Å²) in [6.45, 7) is 1.10. The Morgan fingerprint density at radius 2 is 1.43 bits per heavy atom. The van der Waals surface area contributed by atoms with Crippen LogP contribution >= 0.6 is 36.4 Å². The molecule has 0 atom stereocenters. The van der Waals surface area contributed by atoms with Gasteiger partial charge in [-0.1, -0.05) is 30.3 Å². The minimum atomic E-state index is 0. The molecule has 0 N–H and O–H groups in total. The van der Waals surface area contributed by atoms with Crippen molar-refractivity contribution in [3.8, 4) is 0 Å². The number of nitrogens with zero attached hydrogens (tertiary/aromatic N) is 1. The van der Waals surface area contributed by atoms with Gasteiger partial charge in [-0.15, -0.1) is 36.4 Å². The molecule has 0 saturated heterocycles. The lowest BCUT2D eigenvalue weighted by molar-refractivity contribution is -0.884. The molecule has 0 aliphatic rings. The Morgan fingerprint density at radius 3 is 1.79 bits per heavy atom. The van der Waals surface area contributed by atoms with Gasteiger partial charge in [0.15, 0.2) is 0 Å². The lowest BCUT2D eigenvalue weighted by Gasteiger charge is -2.23. The van der Waals surface area contributed by atoms with Gasteiger partial charge in [0.05, 0.1) is 21.1 Å². The van der Waals surface area contributed by atoms with E-state index < -0.39 is 0 Å². The summed E-state index contributed by atoms with van der Waals surface area (Å²) < 4.78 is 0.990. The number of hydrogen-bond acceptors (Lipinski definition) is 0. The third kappa shape index (κ3) is 9.06. The van der Waals surface area contributed by atoms with Crippen LogP contribution in [0, 0.1) is 0 Å². The normalized spacial score (nSPS) is 9.07. The molecule has 0 bridgehead atoms. The van der Waals surface area contributed by atoms with E-state index in [-0.39, 0.29) is 48.8 Å². The maximum Gasteiger partial charge on any atom is 0.104 e. The number of rotatable bonds is 2. The Labute approximate surface area is 116 Å². The molecule has 84 valence electrons. The summed E-state index contributed by atoms with van der Waals surface area (Å²) in [5.74, 6) is 0. The fourth-order valence-electron chi connectivity index (χ4n) is 1.13. The first kappa shape index (κ1) is 20.0. The molecule has 0 spiro atoms. The first-order valence-electron chi connectivity index (χ1n) is 3.92. The summed E-state index contributed by atoms with van der Waals surface area (Å²) in [5, 5.41) is 0. The summed E-state index contributed by atoms with van der Waals surface area (Å²) in [6.07, 6.45) is 0. The lowest BCUT2D eigenvalue weighted by Crippen LogP contribution is -3.00. The second-order valence-electron chi connectivity index (χ2n) is 3.93. The van der Waals surface area contributed by atoms with Gasteiger partial charge in [0.1, 0.15) is 6.54 Å². The van der Waals surface area contributed by atoms with Crippen LogP contribution in [0.25, 0.3) is 0 Å². The summed E-state index contributed by atoms with van der Waals surface area (Å²) in [4.78, 5) is 0. The van der Waals surface area contributed by atoms with Crippen LogP contribution in [0.15, 0.2) is 30.3 Å². The van der Waals surface area contributed by atoms with Gasteiger partial charge in [0, 0.05) is 5.56 Å². The van der Waals surface area contributed by atoms with Crippen molar-refractivity contribution >= 4 is 36.4 Å². The minimum Gasteiger partial charge on any atom is -1.00 e. The molecule has 0 radical (unpaired) electrons. The second kappa shape index (κ2) is 8.77. The van der Waals surface area contributed by atoms with Gasteiger partial charge in [-0.25, -0.2) is 0 Å². The molecule has 1 nitrogen and oxygen atoms in total. The van der Waals surface area contributed by atoms with Crippen molar-refractivity contribution in [2.45, 2.75) is 6.54 Å². The van der Waals surface area contributed by atoms with Crippen LogP contribution in [0.4, 0.5) is 0 Å². The average Bonchev–Trinajstić information content (AvgIpc) is 1.85. The molecule has 0 aliphatic carbocycles. The van der Waals surface area contributed by atoms with Gasteiger partial charge >= 0.3 is 0 Å². The van der Waals surface area contributed by atoms with Crippen LogP contribution in [-0.2, 0) is 6.54 Å². The molecule has 1 aromatic carbocycles. The lowest BCUT2D eigenvalue weighted by atomic mass is 10.2. The highest BCUT2D eigenvalue weighted by atomic mass is 127. The number of benzene rings is 1. The Bertz CT molecular complexity index is 221. The Morgan fingerprint density at radius 1 is 1.00 bits per heavy atom. The van der Waals surface area contributed by atoms with E-state index in [4.69, 9.17) is 0 Å². The number of halogens is 3. The van der Waals surface area contributed by atoms with Crippen LogP contribution in [0.3, 0.4) is 0 Å². The Kier molecular flexibility index (Phi) is 12.5. The van der Waals surface area contributed by atoms with Crippen molar-refractivity contribution in [3.05, 3.63) is 35.9 Å². The first-order chi connectivity index (χ1) is 5.08. The number of quaternary nitrogens is 1. The van der Waals surface area contributed by atoms with Crippen molar-refractivity contribution < 1.29 is 16.9 Å². The van der Waals surface area contributed by atoms with Gasteiger partial charge in [-0.3, -0.25) is 0 Å². The van der Waals surface area contributed by atoms with E-state index in [2.05, 4.69) is 51.5 Å². The summed E-state index contributed by atoms with van der Waals surface area (Å²) in [6, 6.07) is 10.6. The molecule has 0 amide bonds. The SMILES string of the molecule is C[N+](C)(C)Cc1ccccc1.Cl.I.[Cl-]. The molecule has 0 unspecified atom stereocenters. The van der Waals surface area contributed by atoms with Crippen molar-refractivity contribution in [3.63, 3.8) is 0 Å². The molecule has 4 heteroatoms. The molecule has 0 heterocycles. The summed E-state index contributed by atoms with van der Waals surface area (Å²) in [7, 11) is 6.60. The largest absolute Gasteiger partial charge is 1.00 e. The highest BCUT2D eigenvalue weighted by Gasteiger charge is 2.06. The minimum absolute atomic E-state index is 0. The quantitative estimate of drug-likeness (QED) is 0.518. The fourth-order valence-corrected chi connectivity index (χ4v) is 1.13. The maximum absolute atomic E-state index is 2.20. The highest BCUT2D eigenvalue weighted by Crippen LogP contribution is 2.04. The van der Waals surface area contributed by atoms with Crippen molar-refractivity contribution in [2.24, 2.45) is 0 Å². The zero-order valence-corrected chi connectivity index (χ0v) is 12.6. The van der Waals surface area contributed by atoms with E-state index in [0.717, 1.165) is 11.0 Å². The molecule has 1 rings (SSSR count).